The van der Waals surface area contributed by atoms with Crippen LogP contribution in [0.1, 0.15) is 25.7 Å². The molecule has 2 amide bonds. The molecule has 0 spiro atoms. The fraction of sp³-hybridized carbons (Fsp3) is 0.800. The van der Waals surface area contributed by atoms with Crippen LogP contribution < -0.4 is 10.6 Å². The van der Waals surface area contributed by atoms with Crippen molar-refractivity contribution in [1.29, 1.82) is 0 Å². The summed E-state index contributed by atoms with van der Waals surface area (Å²) in [5.41, 5.74) is 0. The lowest BCUT2D eigenvalue weighted by atomic mass is 10.0. The van der Waals surface area contributed by atoms with Gasteiger partial charge in [0.2, 0.25) is 8.05 Å². The van der Waals surface area contributed by atoms with Gasteiger partial charge < -0.3 is 10.6 Å². The van der Waals surface area contributed by atoms with Crippen LogP contribution in [0.4, 0.5) is 0 Å². The van der Waals surface area contributed by atoms with Crippen LogP contribution in [0.25, 0.3) is 0 Å². The highest BCUT2D eigenvalue weighted by Gasteiger charge is 2.27. The van der Waals surface area contributed by atoms with E-state index in [9.17, 15) is 9.59 Å². The Hall–Kier alpha value is 1.40. The number of nitrogens with one attached hydrogen (secondary N) is 2. The number of hydrogen-bond donors (Lipinski definition) is 2. The van der Waals surface area contributed by atoms with Gasteiger partial charge in [0, 0.05) is 13.1 Å². The Morgan fingerprint density at radius 1 is 0.800 bits per heavy atom. The van der Waals surface area contributed by atoms with Crippen molar-refractivity contribution in [2.75, 3.05) is 13.1 Å². The van der Waals surface area contributed by atoms with E-state index in [-0.39, 0.29) is 11.8 Å². The van der Waals surface area contributed by atoms with Gasteiger partial charge in [-0.25, -0.2) is 0 Å². The molecule has 4 nitrogen and oxygen atoms in total. The number of carbonyl (C=O) groups excluding carboxylic acids is 2. The SMILES string of the molecule is BC(Br)(Br)C(=O)NCCCCCCNC(=O)C(Br)(Br)Br. The summed E-state index contributed by atoms with van der Waals surface area (Å²) >= 11 is 15.9. The quantitative estimate of drug-likeness (QED) is 0.254. The number of halogens is 5. The van der Waals surface area contributed by atoms with Crippen molar-refractivity contribution in [2.24, 2.45) is 0 Å². The van der Waals surface area contributed by atoms with Crippen molar-refractivity contribution < 1.29 is 9.59 Å². The van der Waals surface area contributed by atoms with Crippen LogP contribution in [-0.4, -0.2) is 38.0 Å². The van der Waals surface area contributed by atoms with Crippen molar-refractivity contribution in [1.82, 2.24) is 10.6 Å². The maximum Gasteiger partial charge on any atom is 0.258 e. The number of alkyl halides is 5. The average Bonchev–Trinajstić information content (AvgIpc) is 2.29. The fourth-order valence-electron chi connectivity index (χ4n) is 1.26. The number of unbranched alkanes of at least 4 members (excludes halogenated alkanes) is 3. The van der Waals surface area contributed by atoms with Crippen molar-refractivity contribution >= 4 is 99.3 Å². The van der Waals surface area contributed by atoms with E-state index in [1.54, 1.807) is 7.85 Å². The van der Waals surface area contributed by atoms with Gasteiger partial charge in [-0.15, -0.1) is 0 Å². The molecule has 2 N–H and O–H groups in total. The maximum absolute atomic E-state index is 11.5. The van der Waals surface area contributed by atoms with E-state index in [4.69, 9.17) is 0 Å². The van der Waals surface area contributed by atoms with Crippen molar-refractivity contribution in [2.45, 2.75) is 31.0 Å². The van der Waals surface area contributed by atoms with Gasteiger partial charge in [-0.1, -0.05) is 44.7 Å². The molecule has 0 unspecified atom stereocenters. The van der Waals surface area contributed by atoms with E-state index in [0.29, 0.717) is 13.1 Å². The molecule has 20 heavy (non-hydrogen) atoms. The normalized spacial score (nSPS) is 12.1. The van der Waals surface area contributed by atoms with E-state index in [2.05, 4.69) is 90.3 Å². The molecule has 0 heterocycles. The second-order valence-corrected chi connectivity index (χ2v) is 15.3. The maximum atomic E-state index is 11.5. The average molecular weight is 607 g/mol. The third-order valence-corrected chi connectivity index (χ3v) is 4.13. The molecule has 0 fully saturated rings. The summed E-state index contributed by atoms with van der Waals surface area (Å²) in [7, 11) is 1.74. The van der Waals surface area contributed by atoms with Crippen LogP contribution in [-0.2, 0) is 9.59 Å². The van der Waals surface area contributed by atoms with Crippen LogP contribution in [0.3, 0.4) is 0 Å². The second-order valence-electron chi connectivity index (χ2n) is 4.31. The van der Waals surface area contributed by atoms with Crippen LogP contribution in [0, 0.1) is 0 Å². The highest BCUT2D eigenvalue weighted by Crippen LogP contribution is 2.33. The van der Waals surface area contributed by atoms with Gasteiger partial charge in [0.15, 0.2) is 0 Å². The molecule has 0 atom stereocenters. The van der Waals surface area contributed by atoms with E-state index < -0.39 is 5.28 Å². The molecule has 0 aliphatic heterocycles. The van der Waals surface area contributed by atoms with Crippen molar-refractivity contribution in [3.05, 3.63) is 0 Å². The Bertz CT molecular complexity index is 299. The molecule has 0 saturated heterocycles. The number of rotatable bonds is 8. The molecule has 0 aromatic rings. The van der Waals surface area contributed by atoms with Gasteiger partial charge >= 0.3 is 0 Å². The topological polar surface area (TPSA) is 58.2 Å². The Balaban J connectivity index is 3.47. The zero-order valence-corrected chi connectivity index (χ0v) is 18.9. The molecule has 0 saturated carbocycles. The minimum absolute atomic E-state index is 0.0759. The van der Waals surface area contributed by atoms with Gasteiger partial charge in [-0.05, 0) is 60.6 Å². The number of hydrogen-bond acceptors (Lipinski definition) is 2. The summed E-state index contributed by atoms with van der Waals surface area (Å²) in [5, 5.41) is 5.62. The van der Waals surface area contributed by atoms with Gasteiger partial charge in [-0.3, -0.25) is 9.59 Å². The zero-order valence-electron chi connectivity index (χ0n) is 10.9. The molecule has 0 radical (unpaired) electrons. The molecule has 0 aromatic heterocycles. The molecule has 0 aliphatic carbocycles. The molecule has 0 aromatic carbocycles. The molecular formula is C10H16BBr5N2O2. The monoisotopic (exact) mass is 602 g/mol. The van der Waals surface area contributed by atoms with E-state index >= 15 is 0 Å². The van der Waals surface area contributed by atoms with Crippen LogP contribution in [0.15, 0.2) is 0 Å². The highest BCUT2D eigenvalue weighted by molar-refractivity contribution is 9.40. The molecular weight excluding hydrogens is 590 g/mol. The van der Waals surface area contributed by atoms with Crippen LogP contribution >= 0.6 is 79.6 Å². The summed E-state index contributed by atoms with van der Waals surface area (Å²) in [6.07, 6.45) is 3.86. The fourth-order valence-corrected chi connectivity index (χ4v) is 1.96. The lowest BCUT2D eigenvalue weighted by Gasteiger charge is -2.14. The zero-order chi connectivity index (χ0) is 15.8. The molecule has 0 aliphatic rings. The van der Waals surface area contributed by atoms with E-state index in [1.807, 2.05) is 0 Å². The van der Waals surface area contributed by atoms with Crippen molar-refractivity contribution in [3.8, 4) is 0 Å². The van der Waals surface area contributed by atoms with Crippen LogP contribution in [0.2, 0.25) is 0 Å². The first-order valence-electron chi connectivity index (χ1n) is 6.06. The van der Waals surface area contributed by atoms with Gasteiger partial charge in [-0.2, -0.15) is 0 Å². The standard InChI is InChI=1S/C10H16BBr5N2O2/c11-9(12,13)7(19)17-5-3-1-2-4-6-18-8(20)10(14,15)16/h1-6,11H2,(H,17,19)(H,18,20). The van der Waals surface area contributed by atoms with E-state index in [1.165, 1.54) is 0 Å². The third kappa shape index (κ3) is 11.0. The highest BCUT2D eigenvalue weighted by atomic mass is 80.0. The Labute approximate surface area is 162 Å². The summed E-state index contributed by atoms with van der Waals surface area (Å²) in [5.74, 6) is -0.230. The smallest absolute Gasteiger partial charge is 0.258 e. The predicted octanol–water partition coefficient (Wildman–Crippen LogP) is 2.69. The number of carbonyl (C=O) groups is 2. The number of amides is 2. The van der Waals surface area contributed by atoms with Gasteiger partial charge in [0.25, 0.3) is 5.91 Å². The first kappa shape index (κ1) is 21.4. The van der Waals surface area contributed by atoms with Gasteiger partial charge in [0.05, 0.1) is 0 Å². The predicted molar refractivity (Wildman–Crippen MR) is 103 cm³/mol. The summed E-state index contributed by atoms with van der Waals surface area (Å²) in [6, 6.07) is 0. The molecule has 0 bridgehead atoms. The van der Waals surface area contributed by atoms with Crippen LogP contribution in [0.5, 0.6) is 0 Å². The summed E-state index contributed by atoms with van der Waals surface area (Å²) in [6.45, 7) is 1.29. The van der Waals surface area contributed by atoms with Crippen molar-refractivity contribution in [3.63, 3.8) is 0 Å². The molecule has 10 heteroatoms. The molecule has 116 valence electrons. The lowest BCUT2D eigenvalue weighted by Crippen LogP contribution is -2.38. The largest absolute Gasteiger partial charge is 0.355 e. The minimum atomic E-state index is -0.880. The summed E-state index contributed by atoms with van der Waals surface area (Å²) in [4.78, 5) is 23.0. The summed E-state index contributed by atoms with van der Waals surface area (Å²) < 4.78 is -1.58. The van der Waals surface area contributed by atoms with Gasteiger partial charge in [0.1, 0.15) is 11.0 Å². The minimum Gasteiger partial charge on any atom is -0.355 e. The van der Waals surface area contributed by atoms with E-state index in [0.717, 1.165) is 25.7 Å². The third-order valence-electron chi connectivity index (χ3n) is 2.33. The first-order chi connectivity index (χ1) is 9.05. The second kappa shape index (κ2) is 10.2. The Morgan fingerprint density at radius 2 is 1.20 bits per heavy atom. The Morgan fingerprint density at radius 3 is 1.55 bits per heavy atom. The Kier molecular flexibility index (Phi) is 10.9. The molecule has 0 rings (SSSR count). The first-order valence-corrected chi connectivity index (χ1v) is 10.0. The lowest BCUT2D eigenvalue weighted by molar-refractivity contribution is -0.120.